The second-order valence-electron chi connectivity index (χ2n) is 6.44. The summed E-state index contributed by atoms with van der Waals surface area (Å²) in [6.45, 7) is 5.44. The largest absolute Gasteiger partial charge is 0.480 e. The number of carbonyl (C=O) groups is 2. The van der Waals surface area contributed by atoms with Crippen LogP contribution in [-0.2, 0) is 9.53 Å². The van der Waals surface area contributed by atoms with Crippen molar-refractivity contribution in [2.75, 3.05) is 6.61 Å². The zero-order chi connectivity index (χ0) is 15.3. The van der Waals surface area contributed by atoms with Gasteiger partial charge in [-0.3, -0.25) is 0 Å². The maximum absolute atomic E-state index is 11.7. The Balaban J connectivity index is 2.32. The lowest BCUT2D eigenvalue weighted by Crippen LogP contribution is -2.49. The molecule has 20 heavy (non-hydrogen) atoms. The van der Waals surface area contributed by atoms with Gasteiger partial charge in [-0.25, -0.2) is 9.59 Å². The molecule has 1 aliphatic rings. The minimum absolute atomic E-state index is 0.108. The minimum Gasteiger partial charge on any atom is -0.480 e. The normalized spacial score (nSPS) is 23.0. The molecule has 0 aromatic rings. The van der Waals surface area contributed by atoms with Crippen molar-refractivity contribution in [2.24, 2.45) is 11.3 Å². The SMILES string of the molecule is CC(C)(C)[C@H](NC(=O)O[C@@H]1C[C@H]1CCCCO)C(=O)O. The summed E-state index contributed by atoms with van der Waals surface area (Å²) in [5.41, 5.74) is -0.574. The number of carbonyl (C=O) groups excluding carboxylic acids is 1. The van der Waals surface area contributed by atoms with E-state index in [1.54, 1.807) is 20.8 Å². The molecule has 3 N–H and O–H groups in total. The first kappa shape index (κ1) is 16.8. The highest BCUT2D eigenvalue weighted by molar-refractivity contribution is 5.80. The maximum Gasteiger partial charge on any atom is 0.408 e. The van der Waals surface area contributed by atoms with E-state index in [1.807, 2.05) is 0 Å². The summed E-state index contributed by atoms with van der Waals surface area (Å²) < 4.78 is 5.20. The van der Waals surface area contributed by atoms with Crippen LogP contribution in [0.15, 0.2) is 0 Å². The zero-order valence-electron chi connectivity index (χ0n) is 12.4. The van der Waals surface area contributed by atoms with Crippen molar-refractivity contribution in [3.8, 4) is 0 Å². The average molecular weight is 287 g/mol. The molecule has 0 heterocycles. The van der Waals surface area contributed by atoms with Crippen LogP contribution in [0, 0.1) is 11.3 Å². The number of aliphatic carboxylic acids is 1. The van der Waals surface area contributed by atoms with Crippen molar-refractivity contribution in [2.45, 2.75) is 58.6 Å². The molecule has 0 aromatic heterocycles. The van der Waals surface area contributed by atoms with Gasteiger partial charge in [-0.05, 0) is 30.6 Å². The van der Waals surface area contributed by atoms with E-state index < -0.39 is 23.5 Å². The highest BCUT2D eigenvalue weighted by Gasteiger charge is 2.41. The number of hydrogen-bond acceptors (Lipinski definition) is 4. The Hall–Kier alpha value is -1.30. The van der Waals surface area contributed by atoms with Gasteiger partial charge in [0.2, 0.25) is 0 Å². The highest BCUT2D eigenvalue weighted by atomic mass is 16.6. The quantitative estimate of drug-likeness (QED) is 0.620. The summed E-state index contributed by atoms with van der Waals surface area (Å²) in [7, 11) is 0. The number of rotatable bonds is 7. The lowest BCUT2D eigenvalue weighted by Gasteiger charge is -2.27. The van der Waals surface area contributed by atoms with Crippen molar-refractivity contribution >= 4 is 12.1 Å². The molecule has 1 amide bonds. The van der Waals surface area contributed by atoms with E-state index >= 15 is 0 Å². The van der Waals surface area contributed by atoms with Gasteiger partial charge in [0, 0.05) is 6.61 Å². The number of carboxylic acid groups (broad SMARTS) is 1. The van der Waals surface area contributed by atoms with Crippen LogP contribution in [0.5, 0.6) is 0 Å². The molecule has 6 heteroatoms. The summed E-state index contributed by atoms with van der Waals surface area (Å²) >= 11 is 0. The molecule has 1 rings (SSSR count). The van der Waals surface area contributed by atoms with Crippen molar-refractivity contribution in [3.05, 3.63) is 0 Å². The molecule has 0 aliphatic heterocycles. The molecule has 0 saturated heterocycles. The van der Waals surface area contributed by atoms with Crippen LogP contribution in [0.2, 0.25) is 0 Å². The number of ether oxygens (including phenoxy) is 1. The Labute approximate surface area is 119 Å². The molecule has 0 unspecified atom stereocenters. The summed E-state index contributed by atoms with van der Waals surface area (Å²) in [6, 6.07) is -0.971. The van der Waals surface area contributed by atoms with E-state index in [9.17, 15) is 9.59 Å². The van der Waals surface area contributed by atoms with E-state index in [0.29, 0.717) is 5.92 Å². The number of carboxylic acids is 1. The van der Waals surface area contributed by atoms with Crippen molar-refractivity contribution in [1.29, 1.82) is 0 Å². The third-order valence-corrected chi connectivity index (χ3v) is 3.47. The monoisotopic (exact) mass is 287 g/mol. The lowest BCUT2D eigenvalue weighted by atomic mass is 9.87. The Kier molecular flexibility index (Phi) is 5.80. The van der Waals surface area contributed by atoms with Crippen LogP contribution in [0.25, 0.3) is 0 Å². The third kappa shape index (κ3) is 5.36. The van der Waals surface area contributed by atoms with E-state index in [-0.39, 0.29) is 12.7 Å². The van der Waals surface area contributed by atoms with E-state index in [1.165, 1.54) is 0 Å². The highest BCUT2D eigenvalue weighted by Crippen LogP contribution is 2.38. The van der Waals surface area contributed by atoms with Crippen molar-refractivity contribution in [3.63, 3.8) is 0 Å². The predicted octanol–water partition coefficient (Wildman–Crippen LogP) is 1.76. The molecule has 116 valence electrons. The summed E-state index contributed by atoms with van der Waals surface area (Å²) in [4.78, 5) is 22.8. The number of nitrogens with one attached hydrogen (secondary N) is 1. The van der Waals surface area contributed by atoms with Crippen molar-refractivity contribution < 1.29 is 24.5 Å². The maximum atomic E-state index is 11.7. The van der Waals surface area contributed by atoms with Gasteiger partial charge >= 0.3 is 12.1 Å². The van der Waals surface area contributed by atoms with Crippen molar-refractivity contribution in [1.82, 2.24) is 5.32 Å². The minimum atomic E-state index is -1.07. The Morgan fingerprint density at radius 1 is 1.35 bits per heavy atom. The van der Waals surface area contributed by atoms with E-state index in [2.05, 4.69) is 5.32 Å². The number of hydrogen-bond donors (Lipinski definition) is 3. The second kappa shape index (κ2) is 6.92. The van der Waals surface area contributed by atoms with Gasteiger partial charge in [0.1, 0.15) is 12.1 Å². The van der Waals surface area contributed by atoms with Crippen LogP contribution in [0.4, 0.5) is 4.79 Å². The Morgan fingerprint density at radius 2 is 2.00 bits per heavy atom. The number of aliphatic hydroxyl groups is 1. The van der Waals surface area contributed by atoms with Gasteiger partial charge in [-0.15, -0.1) is 0 Å². The average Bonchev–Trinajstić information content (AvgIpc) is 3.03. The van der Waals surface area contributed by atoms with Gasteiger partial charge in [0.15, 0.2) is 0 Å². The number of alkyl carbamates (subject to hydrolysis) is 1. The van der Waals surface area contributed by atoms with Gasteiger partial charge in [-0.1, -0.05) is 27.2 Å². The topological polar surface area (TPSA) is 95.9 Å². The summed E-state index contributed by atoms with van der Waals surface area (Å²) in [5.74, 6) is -0.713. The third-order valence-electron chi connectivity index (χ3n) is 3.47. The fourth-order valence-electron chi connectivity index (χ4n) is 2.12. The number of amides is 1. The zero-order valence-corrected chi connectivity index (χ0v) is 12.4. The first-order chi connectivity index (χ1) is 9.25. The fraction of sp³-hybridized carbons (Fsp3) is 0.857. The van der Waals surface area contributed by atoms with Crippen LogP contribution in [0.3, 0.4) is 0 Å². The molecule has 1 fully saturated rings. The Bertz CT molecular complexity index is 350. The smallest absolute Gasteiger partial charge is 0.408 e. The number of unbranched alkanes of at least 4 members (excludes halogenated alkanes) is 1. The molecule has 0 spiro atoms. The molecular weight excluding hydrogens is 262 g/mol. The van der Waals surface area contributed by atoms with Gasteiger partial charge in [0.05, 0.1) is 0 Å². The van der Waals surface area contributed by atoms with E-state index in [0.717, 1.165) is 25.7 Å². The van der Waals surface area contributed by atoms with Crippen LogP contribution < -0.4 is 5.32 Å². The second-order valence-corrected chi connectivity index (χ2v) is 6.44. The van der Waals surface area contributed by atoms with Gasteiger partial charge < -0.3 is 20.3 Å². The van der Waals surface area contributed by atoms with Crippen LogP contribution in [-0.4, -0.2) is 41.0 Å². The summed E-state index contributed by atoms with van der Waals surface area (Å²) in [6.07, 6.45) is 2.67. The molecule has 0 aromatic carbocycles. The molecule has 0 bridgehead atoms. The first-order valence-electron chi connectivity index (χ1n) is 7.06. The van der Waals surface area contributed by atoms with Gasteiger partial charge in [0.25, 0.3) is 0 Å². The molecule has 0 radical (unpaired) electrons. The molecule has 3 atom stereocenters. The Morgan fingerprint density at radius 3 is 2.50 bits per heavy atom. The van der Waals surface area contributed by atoms with Crippen LogP contribution >= 0.6 is 0 Å². The summed E-state index contributed by atoms with van der Waals surface area (Å²) in [5, 5.41) is 20.2. The predicted molar refractivity (Wildman–Crippen MR) is 73.3 cm³/mol. The molecule has 6 nitrogen and oxygen atoms in total. The molecule has 1 saturated carbocycles. The first-order valence-corrected chi connectivity index (χ1v) is 7.06. The lowest BCUT2D eigenvalue weighted by molar-refractivity contribution is -0.142. The fourth-order valence-corrected chi connectivity index (χ4v) is 2.12. The van der Waals surface area contributed by atoms with E-state index in [4.69, 9.17) is 14.9 Å². The molecular formula is C14H25NO5. The van der Waals surface area contributed by atoms with Crippen LogP contribution in [0.1, 0.15) is 46.5 Å². The molecule has 1 aliphatic carbocycles. The number of aliphatic hydroxyl groups excluding tert-OH is 1. The van der Waals surface area contributed by atoms with Gasteiger partial charge in [-0.2, -0.15) is 0 Å². The standard InChI is InChI=1S/C14H25NO5/c1-14(2,3)11(12(17)18)15-13(19)20-10-8-9(10)6-4-5-7-16/h9-11,16H,4-8H2,1-3H3,(H,15,19)(H,17,18)/t9-,10-,11-/m1/s1.